The molecule has 0 radical (unpaired) electrons. The van der Waals surface area contributed by atoms with E-state index < -0.39 is 23.9 Å². The van der Waals surface area contributed by atoms with Gasteiger partial charge < -0.3 is 25.7 Å². The number of halogens is 1. The molecule has 33 heavy (non-hydrogen) atoms. The Morgan fingerprint density at radius 1 is 0.939 bits per heavy atom. The lowest BCUT2D eigenvalue weighted by Gasteiger charge is -2.19. The standard InChI is InChI=1S/C24H25ClN4O4/c1-14(2)21(23(31)33-3)29-22(30)20-13-12-18(27-20)15-8-10-16(11-9-15)26-24(32)28-19-7-5-4-6-17(19)25/h4-14,21,27H,1-3H3,(H,29,30)(H2,26,28,32). The predicted molar refractivity (Wildman–Crippen MR) is 128 cm³/mol. The van der Waals surface area contributed by atoms with E-state index in [9.17, 15) is 14.4 Å². The Labute approximate surface area is 196 Å². The van der Waals surface area contributed by atoms with Crippen molar-refractivity contribution < 1.29 is 19.1 Å². The predicted octanol–water partition coefficient (Wildman–Crippen LogP) is 4.91. The Kier molecular flexibility index (Phi) is 7.74. The average Bonchev–Trinajstić information content (AvgIpc) is 3.29. The number of aromatic nitrogens is 1. The molecule has 1 atom stereocenters. The molecule has 1 unspecified atom stereocenters. The number of benzene rings is 2. The lowest BCUT2D eigenvalue weighted by atomic mass is 10.0. The van der Waals surface area contributed by atoms with Gasteiger partial charge in [0.15, 0.2) is 0 Å². The van der Waals surface area contributed by atoms with Crippen LogP contribution in [-0.4, -0.2) is 36.0 Å². The Hall–Kier alpha value is -3.78. The van der Waals surface area contributed by atoms with E-state index in [-0.39, 0.29) is 5.92 Å². The van der Waals surface area contributed by atoms with Crippen LogP contribution >= 0.6 is 11.6 Å². The quantitative estimate of drug-likeness (QED) is 0.369. The van der Waals surface area contributed by atoms with Gasteiger partial charge in [0.2, 0.25) is 0 Å². The summed E-state index contributed by atoms with van der Waals surface area (Å²) in [6.07, 6.45) is 0. The molecule has 0 saturated heterocycles. The van der Waals surface area contributed by atoms with Gasteiger partial charge in [-0.05, 0) is 47.9 Å². The number of carbonyl (C=O) groups excluding carboxylic acids is 3. The Balaban J connectivity index is 1.63. The highest BCUT2D eigenvalue weighted by Crippen LogP contribution is 2.23. The molecule has 0 aliphatic carbocycles. The number of nitrogens with one attached hydrogen (secondary N) is 4. The first-order valence-corrected chi connectivity index (χ1v) is 10.7. The summed E-state index contributed by atoms with van der Waals surface area (Å²) < 4.78 is 4.76. The number of aromatic amines is 1. The fraction of sp³-hybridized carbons (Fsp3) is 0.208. The van der Waals surface area contributed by atoms with E-state index in [0.29, 0.717) is 27.8 Å². The molecule has 1 aromatic heterocycles. The molecule has 3 aromatic rings. The van der Waals surface area contributed by atoms with Gasteiger partial charge in [0.05, 0.1) is 17.8 Å². The molecule has 0 spiro atoms. The molecule has 3 rings (SSSR count). The minimum atomic E-state index is -0.739. The van der Waals surface area contributed by atoms with Crippen molar-refractivity contribution in [3.8, 4) is 11.3 Å². The molecule has 2 aromatic carbocycles. The van der Waals surface area contributed by atoms with Crippen LogP contribution < -0.4 is 16.0 Å². The number of carbonyl (C=O) groups is 3. The van der Waals surface area contributed by atoms with Gasteiger partial charge in [0.25, 0.3) is 5.91 Å². The minimum absolute atomic E-state index is 0.119. The van der Waals surface area contributed by atoms with Crippen molar-refractivity contribution in [2.24, 2.45) is 5.92 Å². The van der Waals surface area contributed by atoms with Crippen molar-refractivity contribution in [2.75, 3.05) is 17.7 Å². The van der Waals surface area contributed by atoms with Gasteiger partial charge in [0, 0.05) is 11.4 Å². The molecule has 9 heteroatoms. The van der Waals surface area contributed by atoms with Crippen molar-refractivity contribution in [2.45, 2.75) is 19.9 Å². The Morgan fingerprint density at radius 3 is 2.27 bits per heavy atom. The molecule has 0 aliphatic heterocycles. The van der Waals surface area contributed by atoms with E-state index in [1.807, 2.05) is 26.0 Å². The second-order valence-corrected chi connectivity index (χ2v) is 8.05. The summed E-state index contributed by atoms with van der Waals surface area (Å²) in [5.41, 5.74) is 2.95. The normalized spacial score (nSPS) is 11.5. The molecule has 0 aliphatic rings. The number of hydrogen-bond donors (Lipinski definition) is 4. The zero-order valence-electron chi connectivity index (χ0n) is 18.4. The van der Waals surface area contributed by atoms with Crippen LogP contribution in [0.3, 0.4) is 0 Å². The van der Waals surface area contributed by atoms with E-state index >= 15 is 0 Å². The van der Waals surface area contributed by atoms with Crippen LogP contribution in [0, 0.1) is 5.92 Å². The third kappa shape index (κ3) is 6.14. The molecular weight excluding hydrogens is 444 g/mol. The monoisotopic (exact) mass is 468 g/mol. The van der Waals surface area contributed by atoms with E-state index in [4.69, 9.17) is 16.3 Å². The van der Waals surface area contributed by atoms with Crippen molar-refractivity contribution in [3.05, 3.63) is 71.4 Å². The molecule has 0 fully saturated rings. The summed E-state index contributed by atoms with van der Waals surface area (Å²) >= 11 is 6.05. The summed E-state index contributed by atoms with van der Waals surface area (Å²) in [7, 11) is 1.29. The van der Waals surface area contributed by atoms with Crippen LogP contribution in [0.4, 0.5) is 16.2 Å². The number of hydrogen-bond acceptors (Lipinski definition) is 4. The van der Waals surface area contributed by atoms with Gasteiger partial charge in [-0.1, -0.05) is 49.7 Å². The van der Waals surface area contributed by atoms with Crippen LogP contribution in [0.1, 0.15) is 24.3 Å². The van der Waals surface area contributed by atoms with E-state index in [0.717, 1.165) is 5.56 Å². The van der Waals surface area contributed by atoms with Crippen molar-refractivity contribution in [1.82, 2.24) is 10.3 Å². The molecule has 172 valence electrons. The molecule has 8 nitrogen and oxygen atoms in total. The van der Waals surface area contributed by atoms with Crippen molar-refractivity contribution in [1.29, 1.82) is 0 Å². The number of ether oxygens (including phenoxy) is 1. The van der Waals surface area contributed by atoms with E-state index in [1.165, 1.54) is 7.11 Å². The van der Waals surface area contributed by atoms with Crippen LogP contribution in [0.25, 0.3) is 11.3 Å². The highest BCUT2D eigenvalue weighted by Gasteiger charge is 2.25. The van der Waals surface area contributed by atoms with Gasteiger partial charge >= 0.3 is 12.0 Å². The number of urea groups is 1. The van der Waals surface area contributed by atoms with Crippen molar-refractivity contribution >= 4 is 40.9 Å². The maximum absolute atomic E-state index is 12.6. The molecule has 0 bridgehead atoms. The second kappa shape index (κ2) is 10.7. The maximum atomic E-state index is 12.6. The van der Waals surface area contributed by atoms with Crippen LogP contribution in [0.2, 0.25) is 5.02 Å². The first-order valence-electron chi connectivity index (χ1n) is 10.3. The highest BCUT2D eigenvalue weighted by molar-refractivity contribution is 6.33. The minimum Gasteiger partial charge on any atom is -0.467 e. The average molecular weight is 469 g/mol. The van der Waals surface area contributed by atoms with Gasteiger partial charge in [0.1, 0.15) is 11.7 Å². The third-order valence-electron chi connectivity index (χ3n) is 4.91. The number of rotatable bonds is 7. The van der Waals surface area contributed by atoms with E-state index in [1.54, 1.807) is 48.5 Å². The van der Waals surface area contributed by atoms with Crippen LogP contribution in [-0.2, 0) is 9.53 Å². The van der Waals surface area contributed by atoms with E-state index in [2.05, 4.69) is 20.9 Å². The molecule has 3 amide bonds. The number of para-hydroxylation sites is 1. The number of H-pyrrole nitrogens is 1. The number of anilines is 2. The lowest BCUT2D eigenvalue weighted by Crippen LogP contribution is -2.45. The zero-order valence-corrected chi connectivity index (χ0v) is 19.2. The summed E-state index contributed by atoms with van der Waals surface area (Å²) in [5.74, 6) is -1.02. The van der Waals surface area contributed by atoms with Gasteiger partial charge in [-0.15, -0.1) is 0 Å². The third-order valence-corrected chi connectivity index (χ3v) is 5.24. The van der Waals surface area contributed by atoms with Gasteiger partial charge in [-0.25, -0.2) is 9.59 Å². The lowest BCUT2D eigenvalue weighted by molar-refractivity contribution is -0.144. The topological polar surface area (TPSA) is 112 Å². The maximum Gasteiger partial charge on any atom is 0.328 e. The summed E-state index contributed by atoms with van der Waals surface area (Å²) in [6.45, 7) is 3.65. The summed E-state index contributed by atoms with van der Waals surface area (Å²) in [6, 6.07) is 16.3. The summed E-state index contributed by atoms with van der Waals surface area (Å²) in [5, 5.41) is 8.57. The largest absolute Gasteiger partial charge is 0.467 e. The number of esters is 1. The first-order chi connectivity index (χ1) is 15.8. The fourth-order valence-electron chi connectivity index (χ4n) is 3.12. The second-order valence-electron chi connectivity index (χ2n) is 7.64. The first kappa shape index (κ1) is 23.9. The van der Waals surface area contributed by atoms with Crippen LogP contribution in [0.5, 0.6) is 0 Å². The Morgan fingerprint density at radius 2 is 1.64 bits per heavy atom. The van der Waals surface area contributed by atoms with Gasteiger partial charge in [-0.3, -0.25) is 4.79 Å². The number of methoxy groups -OCH3 is 1. The van der Waals surface area contributed by atoms with Crippen LogP contribution in [0.15, 0.2) is 60.7 Å². The zero-order chi connectivity index (χ0) is 24.0. The number of amides is 3. The smallest absolute Gasteiger partial charge is 0.328 e. The van der Waals surface area contributed by atoms with Crippen molar-refractivity contribution in [3.63, 3.8) is 0 Å². The highest BCUT2D eigenvalue weighted by atomic mass is 35.5. The SMILES string of the molecule is COC(=O)C(NC(=O)c1ccc(-c2ccc(NC(=O)Nc3ccccc3Cl)cc2)[nH]1)C(C)C. The molecular formula is C24H25ClN4O4. The van der Waals surface area contributed by atoms with Gasteiger partial charge in [-0.2, -0.15) is 0 Å². The molecule has 1 heterocycles. The fourth-order valence-corrected chi connectivity index (χ4v) is 3.30. The Bertz CT molecular complexity index is 1140. The molecule has 0 saturated carbocycles. The molecule has 4 N–H and O–H groups in total. The summed E-state index contributed by atoms with van der Waals surface area (Å²) in [4.78, 5) is 39.7.